The minimum absolute atomic E-state index is 0.198. The van der Waals surface area contributed by atoms with E-state index < -0.39 is 10.8 Å². The number of hydrogen-bond acceptors (Lipinski definition) is 3. The number of benzene rings is 1. The van der Waals surface area contributed by atoms with E-state index in [-0.39, 0.29) is 11.9 Å². The molecule has 0 bridgehead atoms. The highest BCUT2D eigenvalue weighted by Gasteiger charge is 2.27. The van der Waals surface area contributed by atoms with Gasteiger partial charge in [-0.15, -0.1) is 0 Å². The third-order valence-corrected chi connectivity index (χ3v) is 5.06. The average molecular weight is 299 g/mol. The van der Waals surface area contributed by atoms with Gasteiger partial charge in [-0.2, -0.15) is 0 Å². The lowest BCUT2D eigenvalue weighted by Crippen LogP contribution is -2.41. The lowest BCUT2D eigenvalue weighted by Gasteiger charge is -2.23. The third kappa shape index (κ3) is 4.36. The van der Waals surface area contributed by atoms with E-state index >= 15 is 0 Å². The molecule has 0 saturated carbocycles. The second kappa shape index (κ2) is 7.86. The van der Waals surface area contributed by atoms with Crippen LogP contribution in [-0.2, 0) is 15.5 Å². The molecule has 2 rings (SSSR count). The molecule has 1 fully saturated rings. The Labute approximate surface area is 122 Å². The van der Waals surface area contributed by atoms with Gasteiger partial charge in [-0.25, -0.2) is 4.39 Å². The second-order valence-corrected chi connectivity index (χ2v) is 6.65. The van der Waals surface area contributed by atoms with Gasteiger partial charge in [0.25, 0.3) is 0 Å². The third-order valence-electron chi connectivity index (χ3n) is 3.60. The zero-order chi connectivity index (χ0) is 14.4. The quantitative estimate of drug-likeness (QED) is 0.840. The maximum Gasteiger partial charge on any atom is 0.123 e. The summed E-state index contributed by atoms with van der Waals surface area (Å²) in [5.74, 6) is 0.682. The van der Waals surface area contributed by atoms with Crippen molar-refractivity contribution < 1.29 is 13.3 Å². The van der Waals surface area contributed by atoms with Gasteiger partial charge in [0.15, 0.2) is 0 Å². The van der Waals surface area contributed by atoms with Crippen molar-refractivity contribution in [3.05, 3.63) is 30.1 Å². The zero-order valence-corrected chi connectivity index (χ0v) is 12.6. The molecule has 0 amide bonds. The molecular formula is C15H22FNO2S. The lowest BCUT2D eigenvalue weighted by atomic mass is 10.0. The molecule has 112 valence electrons. The summed E-state index contributed by atoms with van der Waals surface area (Å²) in [6, 6.07) is 6.13. The summed E-state index contributed by atoms with van der Waals surface area (Å²) in [4.78, 5) is 0.689. The largest absolute Gasteiger partial charge is 0.381 e. The first-order valence-electron chi connectivity index (χ1n) is 7.15. The van der Waals surface area contributed by atoms with Gasteiger partial charge in [-0.1, -0.05) is 6.92 Å². The first kappa shape index (κ1) is 15.6. The monoisotopic (exact) mass is 299 g/mol. The SMILES string of the molecule is CCCNC(CS(=O)c1ccc(F)cc1)C1CCOC1. The summed E-state index contributed by atoms with van der Waals surface area (Å²) >= 11 is 0. The fourth-order valence-electron chi connectivity index (χ4n) is 2.41. The molecule has 0 aliphatic carbocycles. The Morgan fingerprint density at radius 2 is 2.20 bits per heavy atom. The van der Waals surface area contributed by atoms with Gasteiger partial charge in [0.05, 0.1) is 17.4 Å². The summed E-state index contributed by atoms with van der Waals surface area (Å²) in [5.41, 5.74) is 0. The molecule has 3 nitrogen and oxygen atoms in total. The fraction of sp³-hybridized carbons (Fsp3) is 0.600. The summed E-state index contributed by atoms with van der Waals surface area (Å²) < 4.78 is 30.7. The Hall–Kier alpha value is -0.780. The molecule has 1 aliphatic heterocycles. The predicted octanol–water partition coefficient (Wildman–Crippen LogP) is 2.34. The van der Waals surface area contributed by atoms with Crippen LogP contribution < -0.4 is 5.32 Å². The van der Waals surface area contributed by atoms with Crippen LogP contribution in [0.5, 0.6) is 0 Å². The van der Waals surface area contributed by atoms with Crippen molar-refractivity contribution in [2.24, 2.45) is 5.92 Å². The molecule has 3 unspecified atom stereocenters. The van der Waals surface area contributed by atoms with Gasteiger partial charge in [0.2, 0.25) is 0 Å². The summed E-state index contributed by atoms with van der Waals surface area (Å²) in [5, 5.41) is 3.48. The highest BCUT2D eigenvalue weighted by Crippen LogP contribution is 2.19. The number of hydrogen-bond donors (Lipinski definition) is 1. The molecule has 0 spiro atoms. The van der Waals surface area contributed by atoms with Gasteiger partial charge in [-0.05, 0) is 43.7 Å². The van der Waals surface area contributed by atoms with Crippen molar-refractivity contribution >= 4 is 10.8 Å². The van der Waals surface area contributed by atoms with E-state index in [4.69, 9.17) is 4.74 Å². The second-order valence-electron chi connectivity index (χ2n) is 5.15. The van der Waals surface area contributed by atoms with Gasteiger partial charge in [0.1, 0.15) is 5.82 Å². The molecule has 1 saturated heterocycles. The Bertz CT molecular complexity index is 432. The molecule has 1 heterocycles. The van der Waals surface area contributed by atoms with Crippen LogP contribution in [0.15, 0.2) is 29.2 Å². The molecule has 20 heavy (non-hydrogen) atoms. The molecule has 1 N–H and O–H groups in total. The number of rotatable bonds is 7. The first-order valence-corrected chi connectivity index (χ1v) is 8.47. The molecule has 3 atom stereocenters. The smallest absolute Gasteiger partial charge is 0.123 e. The maximum atomic E-state index is 12.9. The summed E-state index contributed by atoms with van der Waals surface area (Å²) in [6.07, 6.45) is 2.06. The van der Waals surface area contributed by atoms with Gasteiger partial charge in [-0.3, -0.25) is 4.21 Å². The number of ether oxygens (including phenoxy) is 1. The molecule has 1 aromatic rings. The van der Waals surface area contributed by atoms with Crippen molar-refractivity contribution in [1.82, 2.24) is 5.32 Å². The zero-order valence-electron chi connectivity index (χ0n) is 11.8. The van der Waals surface area contributed by atoms with Crippen molar-refractivity contribution in [2.45, 2.75) is 30.7 Å². The number of halogens is 1. The van der Waals surface area contributed by atoms with E-state index in [9.17, 15) is 8.60 Å². The molecule has 1 aliphatic rings. The van der Waals surface area contributed by atoms with Crippen molar-refractivity contribution in [3.63, 3.8) is 0 Å². The fourth-order valence-corrected chi connectivity index (χ4v) is 3.76. The molecule has 1 aromatic carbocycles. The van der Waals surface area contributed by atoms with Gasteiger partial charge >= 0.3 is 0 Å². The van der Waals surface area contributed by atoms with Crippen LogP contribution in [0.4, 0.5) is 4.39 Å². The van der Waals surface area contributed by atoms with Crippen LogP contribution >= 0.6 is 0 Å². The van der Waals surface area contributed by atoms with Gasteiger partial charge < -0.3 is 10.1 Å². The average Bonchev–Trinajstić information content (AvgIpc) is 2.98. The van der Waals surface area contributed by atoms with Crippen molar-refractivity contribution in [3.8, 4) is 0 Å². The molecule has 0 aromatic heterocycles. The van der Waals surface area contributed by atoms with E-state index in [1.54, 1.807) is 12.1 Å². The topological polar surface area (TPSA) is 38.3 Å². The summed E-state index contributed by atoms with van der Waals surface area (Å²) in [6.45, 7) is 4.56. The normalized spacial score (nSPS) is 21.8. The molecular weight excluding hydrogens is 277 g/mol. The van der Waals surface area contributed by atoms with E-state index in [1.807, 2.05) is 0 Å². The van der Waals surface area contributed by atoms with Crippen LogP contribution in [0.2, 0.25) is 0 Å². The minimum Gasteiger partial charge on any atom is -0.381 e. The standard InChI is InChI=1S/C15H22FNO2S/c1-2-8-17-15(12-7-9-19-10-12)11-20(18)14-5-3-13(16)4-6-14/h3-6,12,15,17H,2,7-11H2,1H3. The van der Waals surface area contributed by atoms with Crippen LogP contribution in [0.3, 0.4) is 0 Å². The van der Waals surface area contributed by atoms with Crippen LogP contribution in [-0.4, -0.2) is 35.8 Å². The Morgan fingerprint density at radius 1 is 1.45 bits per heavy atom. The predicted molar refractivity (Wildman–Crippen MR) is 78.7 cm³/mol. The van der Waals surface area contributed by atoms with E-state index in [0.717, 1.165) is 32.6 Å². The number of nitrogens with one attached hydrogen (secondary N) is 1. The minimum atomic E-state index is -1.11. The lowest BCUT2D eigenvalue weighted by molar-refractivity contribution is 0.179. The Balaban J connectivity index is 1.98. The summed E-state index contributed by atoms with van der Waals surface area (Å²) in [7, 11) is -1.11. The van der Waals surface area contributed by atoms with E-state index in [1.165, 1.54) is 12.1 Å². The highest BCUT2D eigenvalue weighted by molar-refractivity contribution is 7.85. The van der Waals surface area contributed by atoms with E-state index in [2.05, 4.69) is 12.2 Å². The maximum absolute atomic E-state index is 12.9. The van der Waals surface area contributed by atoms with Crippen LogP contribution in [0.1, 0.15) is 19.8 Å². The van der Waals surface area contributed by atoms with Crippen LogP contribution in [0, 0.1) is 11.7 Å². The van der Waals surface area contributed by atoms with Crippen molar-refractivity contribution in [2.75, 3.05) is 25.5 Å². The van der Waals surface area contributed by atoms with E-state index in [0.29, 0.717) is 16.6 Å². The first-order chi connectivity index (χ1) is 9.70. The van der Waals surface area contributed by atoms with Gasteiger partial charge in [0, 0.05) is 29.2 Å². The van der Waals surface area contributed by atoms with Crippen molar-refractivity contribution in [1.29, 1.82) is 0 Å². The Kier molecular flexibility index (Phi) is 6.13. The van der Waals surface area contributed by atoms with Crippen LogP contribution in [0.25, 0.3) is 0 Å². The molecule has 0 radical (unpaired) electrons. The molecule has 5 heteroatoms. The Morgan fingerprint density at radius 3 is 2.80 bits per heavy atom. The highest BCUT2D eigenvalue weighted by atomic mass is 32.2.